The summed E-state index contributed by atoms with van der Waals surface area (Å²) in [7, 11) is 1.74. The number of carbonyl (C=O) groups is 1. The van der Waals surface area contributed by atoms with Crippen LogP contribution in [-0.2, 0) is 4.79 Å². The van der Waals surface area contributed by atoms with Gasteiger partial charge in [0.1, 0.15) is 5.69 Å². The normalized spacial score (nSPS) is 18.4. The molecular weight excluding hydrogens is 288 g/mol. The van der Waals surface area contributed by atoms with Crippen LogP contribution in [0, 0.1) is 5.92 Å². The van der Waals surface area contributed by atoms with Crippen molar-refractivity contribution in [1.82, 2.24) is 9.97 Å². The van der Waals surface area contributed by atoms with Gasteiger partial charge in [-0.25, -0.2) is 4.98 Å². The van der Waals surface area contributed by atoms with Gasteiger partial charge in [0.2, 0.25) is 11.2 Å². The molecule has 1 aliphatic heterocycles. The zero-order valence-electron chi connectivity index (χ0n) is 11.8. The number of para-hydroxylation sites is 1. The van der Waals surface area contributed by atoms with Crippen molar-refractivity contribution in [1.29, 1.82) is 0 Å². The largest absolute Gasteiger partial charge is 0.324 e. The number of fused-ring (bicyclic) bond motifs is 1. The van der Waals surface area contributed by atoms with Crippen LogP contribution < -0.4 is 9.80 Å². The highest BCUT2D eigenvalue weighted by Gasteiger charge is 2.31. The highest BCUT2D eigenvalue weighted by molar-refractivity contribution is 6.28. The molecule has 0 aliphatic carbocycles. The summed E-state index contributed by atoms with van der Waals surface area (Å²) in [6.45, 7) is 2.46. The lowest BCUT2D eigenvalue weighted by atomic mass is 10.1. The quantitative estimate of drug-likeness (QED) is 0.760. The molecule has 1 aromatic carbocycles. The zero-order valence-corrected chi connectivity index (χ0v) is 12.6. The average molecular weight is 303 g/mol. The minimum atomic E-state index is -0.150. The number of halogens is 1. The first-order valence-electron chi connectivity index (χ1n) is 6.70. The van der Waals surface area contributed by atoms with Gasteiger partial charge in [-0.2, -0.15) is 4.98 Å². The van der Waals surface area contributed by atoms with E-state index in [2.05, 4.69) is 9.97 Å². The molecule has 1 aliphatic rings. The van der Waals surface area contributed by atoms with E-state index in [1.807, 2.05) is 42.2 Å². The summed E-state index contributed by atoms with van der Waals surface area (Å²) >= 11 is 5.95. The molecule has 6 heteroatoms. The monoisotopic (exact) mass is 302 g/mol. The Kier molecular flexibility index (Phi) is 3.51. The molecule has 2 heterocycles. The molecule has 0 saturated carbocycles. The zero-order chi connectivity index (χ0) is 15.0. The number of aromatic nitrogens is 2. The van der Waals surface area contributed by atoms with Crippen molar-refractivity contribution in [3.05, 3.63) is 41.8 Å². The molecule has 1 aromatic heterocycles. The number of benzene rings is 1. The fraction of sp³-hybridized carbons (Fsp3) is 0.267. The van der Waals surface area contributed by atoms with E-state index in [1.54, 1.807) is 18.1 Å². The SMILES string of the molecule is CC1CN(c2ccccc2)c2nc(Cl)ncc2N(C)C1=O. The van der Waals surface area contributed by atoms with Crippen molar-refractivity contribution in [3.8, 4) is 0 Å². The van der Waals surface area contributed by atoms with Crippen molar-refractivity contribution >= 4 is 34.7 Å². The van der Waals surface area contributed by atoms with E-state index in [-0.39, 0.29) is 17.1 Å². The first-order chi connectivity index (χ1) is 10.1. The third-order valence-electron chi connectivity index (χ3n) is 3.61. The van der Waals surface area contributed by atoms with Crippen LogP contribution in [-0.4, -0.2) is 29.5 Å². The molecule has 0 saturated heterocycles. The van der Waals surface area contributed by atoms with E-state index < -0.39 is 0 Å². The summed E-state index contributed by atoms with van der Waals surface area (Å²) in [5.74, 6) is 0.546. The number of anilines is 3. The number of amides is 1. The van der Waals surface area contributed by atoms with Gasteiger partial charge in [0.25, 0.3) is 0 Å². The lowest BCUT2D eigenvalue weighted by Crippen LogP contribution is -2.33. The Morgan fingerprint density at radius 3 is 2.71 bits per heavy atom. The minimum Gasteiger partial charge on any atom is -0.324 e. The van der Waals surface area contributed by atoms with Gasteiger partial charge in [-0.1, -0.05) is 25.1 Å². The number of carbonyl (C=O) groups excluding carboxylic acids is 1. The molecule has 108 valence electrons. The van der Waals surface area contributed by atoms with E-state index in [9.17, 15) is 4.79 Å². The molecule has 5 nitrogen and oxygen atoms in total. The lowest BCUT2D eigenvalue weighted by Gasteiger charge is -2.24. The number of hydrogen-bond donors (Lipinski definition) is 0. The fourth-order valence-electron chi connectivity index (χ4n) is 2.50. The maximum absolute atomic E-state index is 12.4. The summed E-state index contributed by atoms with van der Waals surface area (Å²) in [6, 6.07) is 9.85. The second-order valence-electron chi connectivity index (χ2n) is 5.09. The molecule has 2 aromatic rings. The van der Waals surface area contributed by atoms with Crippen molar-refractivity contribution < 1.29 is 4.79 Å². The van der Waals surface area contributed by atoms with Gasteiger partial charge in [-0.15, -0.1) is 0 Å². The van der Waals surface area contributed by atoms with Gasteiger partial charge >= 0.3 is 0 Å². The maximum Gasteiger partial charge on any atom is 0.231 e. The van der Waals surface area contributed by atoms with Gasteiger partial charge < -0.3 is 9.80 Å². The Balaban J connectivity index is 2.18. The van der Waals surface area contributed by atoms with Crippen LogP contribution >= 0.6 is 11.6 Å². The number of nitrogens with zero attached hydrogens (tertiary/aromatic N) is 4. The lowest BCUT2D eigenvalue weighted by molar-refractivity contribution is -0.121. The number of rotatable bonds is 1. The van der Waals surface area contributed by atoms with Crippen molar-refractivity contribution in [3.63, 3.8) is 0 Å². The number of hydrogen-bond acceptors (Lipinski definition) is 4. The molecule has 21 heavy (non-hydrogen) atoms. The van der Waals surface area contributed by atoms with Crippen LogP contribution in [0.3, 0.4) is 0 Å². The van der Waals surface area contributed by atoms with Gasteiger partial charge in [0.05, 0.1) is 12.1 Å². The van der Waals surface area contributed by atoms with Crippen LogP contribution in [0.15, 0.2) is 36.5 Å². The first kappa shape index (κ1) is 13.8. The third-order valence-corrected chi connectivity index (χ3v) is 3.80. The maximum atomic E-state index is 12.4. The van der Waals surface area contributed by atoms with Crippen molar-refractivity contribution in [2.45, 2.75) is 6.92 Å². The van der Waals surface area contributed by atoms with Gasteiger partial charge in [-0.05, 0) is 23.7 Å². The van der Waals surface area contributed by atoms with Gasteiger partial charge in [0.15, 0.2) is 5.82 Å². The second kappa shape index (κ2) is 5.33. The molecule has 0 N–H and O–H groups in total. The van der Waals surface area contributed by atoms with E-state index in [4.69, 9.17) is 11.6 Å². The molecule has 0 fully saturated rings. The van der Waals surface area contributed by atoms with E-state index in [0.717, 1.165) is 5.69 Å². The smallest absolute Gasteiger partial charge is 0.231 e. The summed E-state index contributed by atoms with van der Waals surface area (Å²) in [5, 5.41) is 0.171. The molecule has 1 unspecified atom stereocenters. The van der Waals surface area contributed by atoms with Crippen LogP contribution in [0.2, 0.25) is 5.28 Å². The summed E-state index contributed by atoms with van der Waals surface area (Å²) < 4.78 is 0. The predicted molar refractivity (Wildman–Crippen MR) is 83.1 cm³/mol. The summed E-state index contributed by atoms with van der Waals surface area (Å²) in [5.41, 5.74) is 1.64. The van der Waals surface area contributed by atoms with Gasteiger partial charge in [-0.3, -0.25) is 4.79 Å². The second-order valence-corrected chi connectivity index (χ2v) is 5.43. The van der Waals surface area contributed by atoms with Crippen molar-refractivity contribution in [2.75, 3.05) is 23.4 Å². The Labute approximate surface area is 128 Å². The highest BCUT2D eigenvalue weighted by atomic mass is 35.5. The Morgan fingerprint density at radius 1 is 1.29 bits per heavy atom. The molecule has 1 amide bonds. The predicted octanol–water partition coefficient (Wildman–Crippen LogP) is 2.88. The molecule has 1 atom stereocenters. The minimum absolute atomic E-state index is 0.0422. The molecule has 3 rings (SSSR count). The van der Waals surface area contributed by atoms with Crippen LogP contribution in [0.25, 0.3) is 0 Å². The van der Waals surface area contributed by atoms with Crippen LogP contribution in [0.1, 0.15) is 6.92 Å². The van der Waals surface area contributed by atoms with E-state index in [0.29, 0.717) is 18.1 Å². The van der Waals surface area contributed by atoms with Crippen LogP contribution in [0.4, 0.5) is 17.2 Å². The van der Waals surface area contributed by atoms with Crippen LogP contribution in [0.5, 0.6) is 0 Å². The third kappa shape index (κ3) is 2.45. The first-order valence-corrected chi connectivity index (χ1v) is 7.08. The molecule has 0 bridgehead atoms. The Hall–Kier alpha value is -2.14. The summed E-state index contributed by atoms with van der Waals surface area (Å²) in [4.78, 5) is 24.3. The Bertz CT molecular complexity index is 677. The molecular formula is C15H15ClN4O. The topological polar surface area (TPSA) is 49.3 Å². The average Bonchev–Trinajstić information content (AvgIpc) is 2.59. The van der Waals surface area contributed by atoms with Crippen molar-refractivity contribution in [2.24, 2.45) is 5.92 Å². The fourth-order valence-corrected chi connectivity index (χ4v) is 2.63. The van der Waals surface area contributed by atoms with Gasteiger partial charge in [0, 0.05) is 19.3 Å². The van der Waals surface area contributed by atoms with E-state index in [1.165, 1.54) is 0 Å². The standard InChI is InChI=1S/C15H15ClN4O/c1-10-9-20(11-6-4-3-5-7-11)13-12(19(2)14(10)21)8-17-15(16)18-13/h3-8,10H,9H2,1-2H3. The van der Waals surface area contributed by atoms with E-state index >= 15 is 0 Å². The summed E-state index contributed by atoms with van der Waals surface area (Å²) in [6.07, 6.45) is 1.59. The molecule has 0 radical (unpaired) electrons. The highest BCUT2D eigenvalue weighted by Crippen LogP contribution is 2.36. The Morgan fingerprint density at radius 2 is 2.00 bits per heavy atom. The molecule has 0 spiro atoms.